The zero-order valence-electron chi connectivity index (χ0n) is 34.3. The molecule has 59 heavy (non-hydrogen) atoms. The van der Waals surface area contributed by atoms with Gasteiger partial charge >= 0.3 is 6.85 Å². The van der Waals surface area contributed by atoms with Crippen molar-refractivity contribution in [3.63, 3.8) is 0 Å². The first kappa shape index (κ1) is 35.3. The van der Waals surface area contributed by atoms with Crippen LogP contribution in [0.4, 0.5) is 28.4 Å². The van der Waals surface area contributed by atoms with Crippen LogP contribution in [0.15, 0.2) is 182 Å². The van der Waals surface area contributed by atoms with Gasteiger partial charge in [-0.15, -0.1) is 0 Å². The molecule has 9 aromatic rings. The molecule has 11 rings (SSSR count). The van der Waals surface area contributed by atoms with Gasteiger partial charge in [0.1, 0.15) is 0 Å². The van der Waals surface area contributed by atoms with Gasteiger partial charge < -0.3 is 9.71 Å². The van der Waals surface area contributed by atoms with Crippen molar-refractivity contribution >= 4 is 67.8 Å². The summed E-state index contributed by atoms with van der Waals surface area (Å²) in [5.74, 6) is 0. The Morgan fingerprint density at radius 2 is 0.983 bits per heavy atom. The highest BCUT2D eigenvalue weighted by molar-refractivity contribution is 6.93. The van der Waals surface area contributed by atoms with Gasteiger partial charge in [-0.25, -0.2) is 0 Å². The summed E-state index contributed by atoms with van der Waals surface area (Å²) in [5.41, 5.74) is 20.1. The highest BCUT2D eigenvalue weighted by Crippen LogP contribution is 2.49. The van der Waals surface area contributed by atoms with Crippen LogP contribution in [-0.2, 0) is 5.41 Å². The zero-order chi connectivity index (χ0) is 40.0. The Balaban J connectivity index is 1.18. The minimum atomic E-state index is -0.0698. The van der Waals surface area contributed by atoms with Crippen LogP contribution < -0.4 is 20.6 Å². The minimum absolute atomic E-state index is 0.0698. The number of aryl methyl sites for hydroxylation is 2. The summed E-state index contributed by atoms with van der Waals surface area (Å²) in [5, 5.41) is 4.98. The Kier molecular flexibility index (Phi) is 8.00. The lowest BCUT2D eigenvalue weighted by Gasteiger charge is -2.46. The van der Waals surface area contributed by atoms with E-state index < -0.39 is 0 Å². The molecule has 282 valence electrons. The maximum absolute atomic E-state index is 2.63. The van der Waals surface area contributed by atoms with Crippen LogP contribution in [0.2, 0.25) is 0 Å². The topological polar surface area (TPSA) is 6.48 Å². The van der Waals surface area contributed by atoms with Crippen molar-refractivity contribution < 1.29 is 0 Å². The van der Waals surface area contributed by atoms with E-state index in [0.29, 0.717) is 0 Å². The van der Waals surface area contributed by atoms with E-state index in [1.165, 1.54) is 111 Å². The summed E-state index contributed by atoms with van der Waals surface area (Å²) in [6.07, 6.45) is 0. The standard InChI is InChI=1S/C56H45BN2/c1-36-29-49-48-31-41-15-9-11-17-43(41)34-52(48)59(47-27-23-40(24-28-47)39-21-25-46(26-22-39)56(3,4)5)57-50-32-42-16-10-12-18-44(42)35-53(50)58(54(30-36)55(49)57)51-33-45(20-19-37(51)2)38-13-7-6-8-14-38/h6-35H,1-5H3. The summed E-state index contributed by atoms with van der Waals surface area (Å²) >= 11 is 0. The first-order valence-electron chi connectivity index (χ1n) is 20.9. The Hall–Kier alpha value is -6.84. The van der Waals surface area contributed by atoms with Crippen LogP contribution in [-0.4, -0.2) is 6.85 Å². The molecule has 2 aliphatic heterocycles. The summed E-state index contributed by atoms with van der Waals surface area (Å²) < 4.78 is 0. The van der Waals surface area contributed by atoms with Crippen molar-refractivity contribution in [2.24, 2.45) is 0 Å². The fraction of sp³-hybridized carbons (Fsp3) is 0.107. The van der Waals surface area contributed by atoms with E-state index in [-0.39, 0.29) is 12.3 Å². The summed E-state index contributed by atoms with van der Waals surface area (Å²) in [4.78, 5) is 5.20. The number of nitrogens with zero attached hydrogens (tertiary/aromatic N) is 2. The van der Waals surface area contributed by atoms with Crippen molar-refractivity contribution in [1.29, 1.82) is 0 Å². The monoisotopic (exact) mass is 756 g/mol. The molecule has 0 radical (unpaired) electrons. The predicted octanol–water partition coefficient (Wildman–Crippen LogP) is 13.9. The van der Waals surface area contributed by atoms with Gasteiger partial charge in [-0.05, 0) is 139 Å². The van der Waals surface area contributed by atoms with E-state index in [2.05, 4.69) is 226 Å². The van der Waals surface area contributed by atoms with Crippen molar-refractivity contribution in [2.75, 3.05) is 9.71 Å². The van der Waals surface area contributed by atoms with Crippen LogP contribution in [0.5, 0.6) is 0 Å². The molecule has 0 aliphatic carbocycles. The SMILES string of the molecule is Cc1cc2c3c(c1)N(c1cc(-c4ccccc4)ccc1C)c1cc4ccccc4cc1B3N(c1ccc(-c3ccc(C(C)(C)C)cc3)cc1)c1cc3ccccc3cc1-2. The third-order valence-electron chi connectivity index (χ3n) is 12.7. The molecule has 0 atom stereocenters. The molecule has 3 heteroatoms. The molecular weight excluding hydrogens is 711 g/mol. The number of hydrogen-bond acceptors (Lipinski definition) is 2. The van der Waals surface area contributed by atoms with Crippen LogP contribution in [0.3, 0.4) is 0 Å². The number of fused-ring (bicyclic) bond motifs is 6. The Morgan fingerprint density at radius 3 is 1.64 bits per heavy atom. The molecule has 0 spiro atoms. The van der Waals surface area contributed by atoms with Crippen LogP contribution in [0.25, 0.3) is 54.9 Å². The molecule has 2 aliphatic rings. The van der Waals surface area contributed by atoms with Gasteiger partial charge in [0.15, 0.2) is 0 Å². The molecule has 0 bridgehead atoms. The van der Waals surface area contributed by atoms with Gasteiger partial charge in [0.2, 0.25) is 0 Å². The third-order valence-corrected chi connectivity index (χ3v) is 12.7. The van der Waals surface area contributed by atoms with Crippen molar-refractivity contribution in [3.05, 3.63) is 199 Å². The molecule has 0 amide bonds. The average Bonchev–Trinajstić information content (AvgIpc) is 3.26. The molecule has 2 heterocycles. The number of rotatable bonds is 4. The molecule has 2 nitrogen and oxygen atoms in total. The highest BCUT2D eigenvalue weighted by atomic mass is 15.2. The van der Waals surface area contributed by atoms with Crippen molar-refractivity contribution in [1.82, 2.24) is 0 Å². The van der Waals surface area contributed by atoms with Crippen molar-refractivity contribution in [3.8, 4) is 33.4 Å². The third kappa shape index (κ3) is 5.79. The van der Waals surface area contributed by atoms with Gasteiger partial charge in [0.05, 0.1) is 0 Å². The fourth-order valence-electron chi connectivity index (χ4n) is 9.65. The van der Waals surface area contributed by atoms with Gasteiger partial charge in [0, 0.05) is 34.0 Å². The lowest BCUT2D eigenvalue weighted by molar-refractivity contribution is 0.590. The number of anilines is 5. The minimum Gasteiger partial charge on any atom is -0.376 e. The molecular formula is C56H45BN2. The van der Waals surface area contributed by atoms with Crippen LogP contribution >= 0.6 is 0 Å². The average molecular weight is 757 g/mol. The van der Waals surface area contributed by atoms with E-state index >= 15 is 0 Å². The summed E-state index contributed by atoms with van der Waals surface area (Å²) in [7, 11) is 0. The molecule has 0 N–H and O–H groups in total. The lowest BCUT2D eigenvalue weighted by Crippen LogP contribution is -2.61. The Morgan fingerprint density at radius 1 is 0.424 bits per heavy atom. The first-order valence-corrected chi connectivity index (χ1v) is 20.9. The largest absolute Gasteiger partial charge is 0.376 e. The van der Waals surface area contributed by atoms with E-state index in [4.69, 9.17) is 0 Å². The Labute approximate surface area is 348 Å². The van der Waals surface area contributed by atoms with E-state index in [0.717, 1.165) is 0 Å². The van der Waals surface area contributed by atoms with E-state index in [1.54, 1.807) is 0 Å². The van der Waals surface area contributed by atoms with Crippen LogP contribution in [0.1, 0.15) is 37.5 Å². The number of benzene rings is 9. The molecule has 9 aromatic carbocycles. The van der Waals surface area contributed by atoms with Gasteiger partial charge in [-0.3, -0.25) is 0 Å². The maximum Gasteiger partial charge on any atom is 0.333 e. The normalized spacial score (nSPS) is 13.1. The molecule has 0 aromatic heterocycles. The zero-order valence-corrected chi connectivity index (χ0v) is 34.3. The Bertz CT molecular complexity index is 3100. The lowest BCUT2D eigenvalue weighted by atomic mass is 9.43. The molecule has 0 saturated carbocycles. The maximum atomic E-state index is 2.63. The van der Waals surface area contributed by atoms with Crippen molar-refractivity contribution in [2.45, 2.75) is 40.0 Å². The second-order valence-corrected chi connectivity index (χ2v) is 17.6. The van der Waals surface area contributed by atoms with E-state index in [9.17, 15) is 0 Å². The second kappa shape index (κ2) is 13.4. The van der Waals surface area contributed by atoms with Gasteiger partial charge in [-0.1, -0.05) is 160 Å². The van der Waals surface area contributed by atoms with Gasteiger partial charge in [-0.2, -0.15) is 0 Å². The summed E-state index contributed by atoms with van der Waals surface area (Å²) in [6, 6.07) is 68.4. The number of hydrogen-bond donors (Lipinski definition) is 0. The van der Waals surface area contributed by atoms with Gasteiger partial charge in [0.25, 0.3) is 0 Å². The highest BCUT2D eigenvalue weighted by Gasteiger charge is 2.45. The fourth-order valence-corrected chi connectivity index (χ4v) is 9.65. The molecule has 0 unspecified atom stereocenters. The van der Waals surface area contributed by atoms with Crippen LogP contribution in [0, 0.1) is 13.8 Å². The summed E-state index contributed by atoms with van der Waals surface area (Å²) in [6.45, 7) is 11.3. The molecule has 0 saturated heterocycles. The quantitative estimate of drug-likeness (QED) is 0.165. The molecule has 0 fully saturated rings. The smallest absolute Gasteiger partial charge is 0.333 e. The predicted molar refractivity (Wildman–Crippen MR) is 254 cm³/mol. The first-order chi connectivity index (χ1) is 28.7. The second-order valence-electron chi connectivity index (χ2n) is 17.6. The van der Waals surface area contributed by atoms with E-state index in [1.807, 2.05) is 0 Å².